The lowest BCUT2D eigenvalue weighted by Gasteiger charge is -2.09. The summed E-state index contributed by atoms with van der Waals surface area (Å²) in [6, 6.07) is 8.84. The lowest BCUT2D eigenvalue weighted by atomic mass is 10.1. The number of aromatic nitrogens is 2. The molecule has 3 rings (SSSR count). The molecular weight excluding hydrogens is 366 g/mol. The van der Waals surface area contributed by atoms with Gasteiger partial charge in [-0.15, -0.1) is 11.3 Å². The van der Waals surface area contributed by atoms with Crippen molar-refractivity contribution < 1.29 is 19.0 Å². The first-order chi connectivity index (χ1) is 13.2. The normalized spacial score (nSPS) is 10.3. The van der Waals surface area contributed by atoms with E-state index in [1.807, 2.05) is 24.4 Å². The smallest absolute Gasteiger partial charge is 0.262 e. The largest absolute Gasteiger partial charge is 0.497 e. The third-order valence-corrected chi connectivity index (χ3v) is 4.46. The minimum Gasteiger partial charge on any atom is -0.497 e. The van der Waals surface area contributed by atoms with Crippen molar-refractivity contribution in [2.24, 2.45) is 0 Å². The van der Waals surface area contributed by atoms with Crippen molar-refractivity contribution in [2.45, 2.75) is 6.92 Å². The molecule has 0 bridgehead atoms. The molecule has 0 saturated carbocycles. The number of hydrogen-bond donors (Lipinski definition) is 1. The SMILES string of the molecule is CCOc1ncccc1C(=O)Nc1nc(-c2ccc(OC)cc2OC)cs1. The van der Waals surface area contributed by atoms with Gasteiger partial charge in [-0.3, -0.25) is 10.1 Å². The minimum atomic E-state index is -0.325. The monoisotopic (exact) mass is 385 g/mol. The average molecular weight is 385 g/mol. The van der Waals surface area contributed by atoms with Crippen LogP contribution >= 0.6 is 11.3 Å². The van der Waals surface area contributed by atoms with Crippen molar-refractivity contribution in [3.05, 3.63) is 47.5 Å². The summed E-state index contributed by atoms with van der Waals surface area (Å²) in [6.07, 6.45) is 1.58. The van der Waals surface area contributed by atoms with Gasteiger partial charge in [-0.1, -0.05) is 0 Å². The molecule has 27 heavy (non-hydrogen) atoms. The van der Waals surface area contributed by atoms with E-state index in [9.17, 15) is 4.79 Å². The number of carbonyl (C=O) groups excluding carboxylic acids is 1. The van der Waals surface area contributed by atoms with Crippen molar-refractivity contribution in [1.29, 1.82) is 0 Å². The van der Waals surface area contributed by atoms with Crippen molar-refractivity contribution >= 4 is 22.4 Å². The van der Waals surface area contributed by atoms with Crippen LogP contribution in [0.15, 0.2) is 41.9 Å². The molecule has 0 aliphatic rings. The molecule has 2 heterocycles. The number of methoxy groups -OCH3 is 2. The molecule has 1 aromatic carbocycles. The molecule has 0 spiro atoms. The van der Waals surface area contributed by atoms with E-state index < -0.39 is 0 Å². The van der Waals surface area contributed by atoms with Gasteiger partial charge in [-0.05, 0) is 31.2 Å². The Labute approximate surface area is 161 Å². The Morgan fingerprint density at radius 1 is 1.22 bits per heavy atom. The first-order valence-electron chi connectivity index (χ1n) is 8.23. The average Bonchev–Trinajstić information content (AvgIpc) is 3.16. The summed E-state index contributed by atoms with van der Waals surface area (Å²) in [7, 11) is 3.19. The van der Waals surface area contributed by atoms with Crippen LogP contribution in [0.3, 0.4) is 0 Å². The standard InChI is InChI=1S/C19H19N3O4S/c1-4-26-18-14(6-5-9-20-18)17(23)22-19-21-15(11-27-19)13-8-7-12(24-2)10-16(13)25-3/h5-11H,4H2,1-3H3,(H,21,22,23). The third-order valence-electron chi connectivity index (χ3n) is 3.71. The van der Waals surface area contributed by atoms with Gasteiger partial charge in [0.05, 0.1) is 26.5 Å². The molecule has 1 N–H and O–H groups in total. The maximum Gasteiger partial charge on any atom is 0.262 e. The number of hydrogen-bond acceptors (Lipinski definition) is 7. The van der Waals surface area contributed by atoms with E-state index in [1.165, 1.54) is 11.3 Å². The summed E-state index contributed by atoms with van der Waals surface area (Å²) in [5.41, 5.74) is 1.87. The zero-order chi connectivity index (χ0) is 19.2. The Morgan fingerprint density at radius 3 is 2.81 bits per heavy atom. The summed E-state index contributed by atoms with van der Waals surface area (Å²) in [4.78, 5) is 21.1. The van der Waals surface area contributed by atoms with Crippen LogP contribution < -0.4 is 19.5 Å². The number of nitrogens with zero attached hydrogens (tertiary/aromatic N) is 2. The van der Waals surface area contributed by atoms with Gasteiger partial charge < -0.3 is 14.2 Å². The van der Waals surface area contributed by atoms with Gasteiger partial charge in [0.25, 0.3) is 5.91 Å². The number of rotatable bonds is 7. The van der Waals surface area contributed by atoms with Crippen molar-refractivity contribution in [2.75, 3.05) is 26.1 Å². The molecule has 140 valence electrons. The molecule has 0 unspecified atom stereocenters. The van der Waals surface area contributed by atoms with Crippen LogP contribution in [0.4, 0.5) is 5.13 Å². The van der Waals surface area contributed by atoms with Crippen LogP contribution in [0.25, 0.3) is 11.3 Å². The Bertz CT molecular complexity index is 942. The molecule has 0 atom stereocenters. The van der Waals surface area contributed by atoms with E-state index in [0.29, 0.717) is 40.4 Å². The van der Waals surface area contributed by atoms with Gasteiger partial charge in [-0.25, -0.2) is 9.97 Å². The van der Waals surface area contributed by atoms with Crippen LogP contribution in [0.2, 0.25) is 0 Å². The molecule has 7 nitrogen and oxygen atoms in total. The van der Waals surface area contributed by atoms with E-state index in [1.54, 1.807) is 38.6 Å². The number of ether oxygens (including phenoxy) is 3. The van der Waals surface area contributed by atoms with Crippen molar-refractivity contribution in [3.8, 4) is 28.6 Å². The van der Waals surface area contributed by atoms with Crippen LogP contribution in [0.5, 0.6) is 17.4 Å². The number of pyridine rings is 1. The summed E-state index contributed by atoms with van der Waals surface area (Å²) < 4.78 is 16.0. The molecule has 0 radical (unpaired) electrons. The van der Waals surface area contributed by atoms with Gasteiger partial charge >= 0.3 is 0 Å². The van der Waals surface area contributed by atoms with Crippen LogP contribution in [0, 0.1) is 0 Å². The van der Waals surface area contributed by atoms with E-state index in [4.69, 9.17) is 14.2 Å². The molecule has 0 saturated heterocycles. The molecule has 0 aliphatic carbocycles. The van der Waals surface area contributed by atoms with Gasteiger partial charge in [0.1, 0.15) is 17.1 Å². The Balaban J connectivity index is 1.82. The second kappa shape index (κ2) is 8.50. The maximum absolute atomic E-state index is 12.6. The molecule has 0 aliphatic heterocycles. The van der Waals surface area contributed by atoms with E-state index in [-0.39, 0.29) is 5.91 Å². The number of carbonyl (C=O) groups is 1. The van der Waals surface area contributed by atoms with Crippen molar-refractivity contribution in [1.82, 2.24) is 9.97 Å². The van der Waals surface area contributed by atoms with E-state index in [2.05, 4.69) is 15.3 Å². The van der Waals surface area contributed by atoms with E-state index in [0.717, 1.165) is 5.56 Å². The first kappa shape index (κ1) is 18.7. The molecule has 1 amide bonds. The topological polar surface area (TPSA) is 82.6 Å². The Morgan fingerprint density at radius 2 is 2.07 bits per heavy atom. The predicted octanol–water partition coefficient (Wildman–Crippen LogP) is 3.87. The highest BCUT2D eigenvalue weighted by atomic mass is 32.1. The number of benzene rings is 1. The number of anilines is 1. The van der Waals surface area contributed by atoms with Gasteiger partial charge in [-0.2, -0.15) is 0 Å². The maximum atomic E-state index is 12.6. The lowest BCUT2D eigenvalue weighted by molar-refractivity contribution is 0.102. The second-order valence-corrected chi connectivity index (χ2v) is 6.21. The fourth-order valence-corrected chi connectivity index (χ4v) is 3.15. The van der Waals surface area contributed by atoms with Gasteiger partial charge in [0.15, 0.2) is 5.13 Å². The zero-order valence-corrected chi connectivity index (χ0v) is 16.0. The fourth-order valence-electron chi connectivity index (χ4n) is 2.44. The van der Waals surface area contributed by atoms with Crippen LogP contribution in [-0.2, 0) is 0 Å². The highest BCUT2D eigenvalue weighted by molar-refractivity contribution is 7.14. The minimum absolute atomic E-state index is 0.297. The summed E-state index contributed by atoms with van der Waals surface area (Å²) >= 11 is 1.32. The highest BCUT2D eigenvalue weighted by Crippen LogP contribution is 2.35. The summed E-state index contributed by atoms with van der Waals surface area (Å²) in [5.74, 6) is 1.31. The summed E-state index contributed by atoms with van der Waals surface area (Å²) in [5, 5.41) is 5.12. The fraction of sp³-hybridized carbons (Fsp3) is 0.211. The highest BCUT2D eigenvalue weighted by Gasteiger charge is 2.16. The number of nitrogens with one attached hydrogen (secondary N) is 1. The molecule has 2 aromatic heterocycles. The predicted molar refractivity (Wildman–Crippen MR) is 104 cm³/mol. The first-order valence-corrected chi connectivity index (χ1v) is 9.11. The molecule has 8 heteroatoms. The van der Waals surface area contributed by atoms with Crippen molar-refractivity contribution in [3.63, 3.8) is 0 Å². The molecule has 3 aromatic rings. The van der Waals surface area contributed by atoms with Crippen LogP contribution in [-0.4, -0.2) is 36.7 Å². The second-order valence-electron chi connectivity index (χ2n) is 5.35. The van der Waals surface area contributed by atoms with Crippen LogP contribution in [0.1, 0.15) is 17.3 Å². The Kier molecular flexibility index (Phi) is 5.87. The lowest BCUT2D eigenvalue weighted by Crippen LogP contribution is -2.14. The third kappa shape index (κ3) is 4.17. The Hall–Kier alpha value is -3.13. The number of thiazole rings is 1. The van der Waals surface area contributed by atoms with Gasteiger partial charge in [0.2, 0.25) is 5.88 Å². The molecule has 0 fully saturated rings. The molecular formula is C19H19N3O4S. The zero-order valence-electron chi connectivity index (χ0n) is 15.2. The number of amides is 1. The van der Waals surface area contributed by atoms with Gasteiger partial charge in [0, 0.05) is 23.2 Å². The summed E-state index contributed by atoms with van der Waals surface area (Å²) in [6.45, 7) is 2.27. The van der Waals surface area contributed by atoms with E-state index >= 15 is 0 Å². The quantitative estimate of drug-likeness (QED) is 0.665.